The minimum atomic E-state index is -3.74. The molecule has 32 heavy (non-hydrogen) atoms. The minimum Gasteiger partial charge on any atom is -0.350 e. The molecule has 0 fully saturated rings. The molecular weight excluding hydrogens is 450 g/mol. The van der Waals surface area contributed by atoms with Crippen LogP contribution in [0.5, 0.6) is 0 Å². The first-order valence-electron chi connectivity index (χ1n) is 10.2. The molecule has 0 radical (unpaired) electrons. The summed E-state index contributed by atoms with van der Waals surface area (Å²) in [7, 11) is -3.74. The maximum atomic E-state index is 13.4. The molecule has 0 saturated heterocycles. The Bertz CT molecular complexity index is 1050. The molecule has 7 nitrogen and oxygen atoms in total. The van der Waals surface area contributed by atoms with Gasteiger partial charge in [-0.2, -0.15) is 0 Å². The third-order valence-electron chi connectivity index (χ3n) is 4.69. The van der Waals surface area contributed by atoms with Gasteiger partial charge in [0.1, 0.15) is 12.6 Å². The highest BCUT2D eigenvalue weighted by molar-refractivity contribution is 7.92. The first-order chi connectivity index (χ1) is 14.8. The molecule has 0 saturated carbocycles. The molecule has 0 aromatic heterocycles. The predicted octanol–water partition coefficient (Wildman–Crippen LogP) is 3.44. The summed E-state index contributed by atoms with van der Waals surface area (Å²) in [4.78, 5) is 27.6. The van der Waals surface area contributed by atoms with Gasteiger partial charge in [-0.25, -0.2) is 8.42 Å². The van der Waals surface area contributed by atoms with Crippen LogP contribution in [-0.4, -0.2) is 49.5 Å². The van der Waals surface area contributed by atoms with Crippen molar-refractivity contribution >= 4 is 39.1 Å². The van der Waals surface area contributed by atoms with E-state index in [1.165, 1.54) is 4.90 Å². The molecule has 0 aliphatic carbocycles. The fourth-order valence-corrected chi connectivity index (χ4v) is 4.12. The zero-order chi connectivity index (χ0) is 24.1. The number of hydrogen-bond acceptors (Lipinski definition) is 4. The van der Waals surface area contributed by atoms with Crippen LogP contribution in [0.2, 0.25) is 5.02 Å². The van der Waals surface area contributed by atoms with Crippen LogP contribution in [0.1, 0.15) is 33.3 Å². The van der Waals surface area contributed by atoms with Crippen molar-refractivity contribution < 1.29 is 18.0 Å². The van der Waals surface area contributed by atoms with Gasteiger partial charge in [0.2, 0.25) is 21.8 Å². The summed E-state index contributed by atoms with van der Waals surface area (Å²) in [6.07, 6.45) is 1.04. The molecule has 1 N–H and O–H groups in total. The Labute approximate surface area is 195 Å². The van der Waals surface area contributed by atoms with Crippen molar-refractivity contribution in [1.82, 2.24) is 10.2 Å². The van der Waals surface area contributed by atoms with Crippen LogP contribution in [0.15, 0.2) is 54.6 Å². The molecule has 2 aromatic rings. The summed E-state index contributed by atoms with van der Waals surface area (Å²) >= 11 is 6.29. The topological polar surface area (TPSA) is 86.8 Å². The summed E-state index contributed by atoms with van der Waals surface area (Å²) in [6.45, 7) is 6.77. The van der Waals surface area contributed by atoms with E-state index in [2.05, 4.69) is 5.32 Å². The third-order valence-corrected chi connectivity index (χ3v) is 6.20. The highest BCUT2D eigenvalue weighted by Gasteiger charge is 2.31. The lowest BCUT2D eigenvalue weighted by molar-refractivity contribution is -0.140. The molecule has 0 bridgehead atoms. The Kier molecular flexibility index (Phi) is 8.31. The van der Waals surface area contributed by atoms with Crippen LogP contribution in [-0.2, 0) is 26.2 Å². The van der Waals surface area contributed by atoms with Gasteiger partial charge in [-0.05, 0) is 51.5 Å². The largest absolute Gasteiger partial charge is 0.350 e. The van der Waals surface area contributed by atoms with Crippen LogP contribution in [0.3, 0.4) is 0 Å². The molecule has 0 aliphatic rings. The number of para-hydroxylation sites is 1. The Morgan fingerprint density at radius 3 is 2.12 bits per heavy atom. The number of anilines is 1. The maximum Gasteiger partial charge on any atom is 0.244 e. The Balaban J connectivity index is 2.39. The quantitative estimate of drug-likeness (QED) is 0.628. The number of sulfonamides is 1. The monoisotopic (exact) mass is 479 g/mol. The van der Waals surface area contributed by atoms with Gasteiger partial charge in [0.15, 0.2) is 0 Å². The first kappa shape index (κ1) is 25.7. The molecule has 0 spiro atoms. The highest BCUT2D eigenvalue weighted by Crippen LogP contribution is 2.21. The number of rotatable bonds is 8. The smallest absolute Gasteiger partial charge is 0.244 e. The van der Waals surface area contributed by atoms with Crippen molar-refractivity contribution in [3.05, 3.63) is 65.2 Å². The average Bonchev–Trinajstić information content (AvgIpc) is 2.69. The van der Waals surface area contributed by atoms with Gasteiger partial charge in [0, 0.05) is 17.1 Å². The van der Waals surface area contributed by atoms with E-state index in [0.29, 0.717) is 16.3 Å². The van der Waals surface area contributed by atoms with Crippen molar-refractivity contribution in [2.24, 2.45) is 0 Å². The van der Waals surface area contributed by atoms with E-state index >= 15 is 0 Å². The molecule has 1 atom stereocenters. The van der Waals surface area contributed by atoms with E-state index < -0.39 is 34.1 Å². The summed E-state index contributed by atoms with van der Waals surface area (Å²) in [5, 5.41) is 3.33. The second-order valence-corrected chi connectivity index (χ2v) is 10.9. The maximum absolute atomic E-state index is 13.4. The van der Waals surface area contributed by atoms with Crippen molar-refractivity contribution in [1.29, 1.82) is 0 Å². The molecule has 174 valence electrons. The lowest BCUT2D eigenvalue weighted by Crippen LogP contribution is -2.54. The Hall–Kier alpha value is -2.58. The van der Waals surface area contributed by atoms with Gasteiger partial charge in [-0.3, -0.25) is 13.9 Å². The highest BCUT2D eigenvalue weighted by atomic mass is 35.5. The van der Waals surface area contributed by atoms with Crippen molar-refractivity contribution in [3.8, 4) is 0 Å². The molecule has 9 heteroatoms. The third kappa shape index (κ3) is 7.24. The molecule has 0 unspecified atom stereocenters. The lowest BCUT2D eigenvalue weighted by Gasteiger charge is -2.33. The molecular formula is C23H30ClN3O4S. The van der Waals surface area contributed by atoms with Gasteiger partial charge in [0.05, 0.1) is 11.9 Å². The van der Waals surface area contributed by atoms with Crippen LogP contribution in [0, 0.1) is 0 Å². The standard InChI is InChI=1S/C23H30ClN3O4S/c1-17(22(29)25-23(2,3)4)26(15-18-11-9-10-14-20(18)24)21(28)16-27(32(5,30)31)19-12-7-6-8-13-19/h6-14,17H,15-16H2,1-5H3,(H,25,29)/t17-/m0/s1. The Morgan fingerprint density at radius 2 is 1.59 bits per heavy atom. The van der Waals surface area contributed by atoms with Gasteiger partial charge < -0.3 is 10.2 Å². The fraction of sp³-hybridized carbons (Fsp3) is 0.391. The molecule has 0 heterocycles. The fourth-order valence-electron chi connectivity index (χ4n) is 3.07. The van der Waals surface area contributed by atoms with E-state index in [0.717, 1.165) is 10.6 Å². The van der Waals surface area contributed by atoms with Crippen molar-refractivity contribution in [3.63, 3.8) is 0 Å². The number of hydrogen-bond donors (Lipinski definition) is 1. The van der Waals surface area contributed by atoms with E-state index in [1.807, 2.05) is 20.8 Å². The minimum absolute atomic E-state index is 0.0592. The lowest BCUT2D eigenvalue weighted by atomic mass is 10.1. The number of benzene rings is 2. The molecule has 2 amide bonds. The number of nitrogens with zero attached hydrogens (tertiary/aromatic N) is 2. The van der Waals surface area contributed by atoms with Crippen LogP contribution in [0.25, 0.3) is 0 Å². The molecule has 2 aromatic carbocycles. The Morgan fingerprint density at radius 1 is 1.03 bits per heavy atom. The second-order valence-electron chi connectivity index (χ2n) is 8.63. The number of amides is 2. The normalized spacial score (nSPS) is 12.7. The van der Waals surface area contributed by atoms with Crippen LogP contribution >= 0.6 is 11.6 Å². The van der Waals surface area contributed by atoms with Crippen LogP contribution in [0.4, 0.5) is 5.69 Å². The number of nitrogens with one attached hydrogen (secondary N) is 1. The second kappa shape index (κ2) is 10.4. The van der Waals surface area contributed by atoms with Gasteiger partial charge in [0.25, 0.3) is 0 Å². The SMILES string of the molecule is C[C@@H](C(=O)NC(C)(C)C)N(Cc1ccccc1Cl)C(=O)CN(c1ccccc1)S(C)(=O)=O. The van der Waals surface area contributed by atoms with E-state index in [9.17, 15) is 18.0 Å². The van der Waals surface area contributed by atoms with Crippen LogP contribution < -0.4 is 9.62 Å². The zero-order valence-corrected chi connectivity index (χ0v) is 20.6. The average molecular weight is 480 g/mol. The van der Waals surface area contributed by atoms with E-state index in [-0.39, 0.29) is 12.5 Å². The van der Waals surface area contributed by atoms with Crippen molar-refractivity contribution in [2.45, 2.75) is 45.8 Å². The zero-order valence-electron chi connectivity index (χ0n) is 19.0. The molecule has 0 aliphatic heterocycles. The number of carbonyl (C=O) groups is 2. The predicted molar refractivity (Wildman–Crippen MR) is 128 cm³/mol. The number of halogens is 1. The summed E-state index contributed by atoms with van der Waals surface area (Å²) in [5.41, 5.74) is 0.532. The number of carbonyl (C=O) groups excluding carboxylic acids is 2. The molecule has 2 rings (SSSR count). The summed E-state index contributed by atoms with van der Waals surface area (Å²) < 4.78 is 25.9. The summed E-state index contributed by atoms with van der Waals surface area (Å²) in [6, 6.07) is 14.5. The van der Waals surface area contributed by atoms with Gasteiger partial charge in [-0.1, -0.05) is 48.0 Å². The summed E-state index contributed by atoms with van der Waals surface area (Å²) in [5.74, 6) is -0.862. The first-order valence-corrected chi connectivity index (χ1v) is 12.4. The van der Waals surface area contributed by atoms with Gasteiger partial charge >= 0.3 is 0 Å². The van der Waals surface area contributed by atoms with Gasteiger partial charge in [-0.15, -0.1) is 0 Å². The van der Waals surface area contributed by atoms with Crippen molar-refractivity contribution in [2.75, 3.05) is 17.1 Å². The van der Waals surface area contributed by atoms with E-state index in [1.54, 1.807) is 61.5 Å². The van der Waals surface area contributed by atoms with E-state index in [4.69, 9.17) is 11.6 Å².